The standard InChI is InChI=1S/C14H20ClNO/c1-17-12-7-5-6-11(13(12)15)14(10-16)8-3-2-4-9-14/h5-7H,2-4,8-10,16H2,1H3. The number of rotatable bonds is 3. The minimum absolute atomic E-state index is 0.0594. The van der Waals surface area contributed by atoms with Crippen molar-refractivity contribution in [1.29, 1.82) is 0 Å². The summed E-state index contributed by atoms with van der Waals surface area (Å²) in [7, 11) is 1.65. The van der Waals surface area contributed by atoms with E-state index in [4.69, 9.17) is 22.1 Å². The maximum atomic E-state index is 6.43. The number of nitrogens with two attached hydrogens (primary N) is 1. The fourth-order valence-corrected chi connectivity index (χ4v) is 3.29. The Bertz CT molecular complexity index is 386. The summed E-state index contributed by atoms with van der Waals surface area (Å²) in [6.07, 6.45) is 6.06. The number of hydrogen-bond acceptors (Lipinski definition) is 2. The van der Waals surface area contributed by atoms with E-state index < -0.39 is 0 Å². The van der Waals surface area contributed by atoms with E-state index >= 15 is 0 Å². The molecule has 1 saturated carbocycles. The molecule has 0 radical (unpaired) electrons. The molecule has 1 aliphatic rings. The molecule has 0 aliphatic heterocycles. The molecule has 3 heteroatoms. The zero-order valence-corrected chi connectivity index (χ0v) is 11.1. The van der Waals surface area contributed by atoms with Gasteiger partial charge in [-0.1, -0.05) is 43.0 Å². The molecule has 1 aliphatic carbocycles. The van der Waals surface area contributed by atoms with E-state index in [9.17, 15) is 0 Å². The number of halogens is 1. The van der Waals surface area contributed by atoms with Crippen LogP contribution in [0.5, 0.6) is 5.75 Å². The summed E-state index contributed by atoms with van der Waals surface area (Å²) in [6, 6.07) is 6.01. The lowest BCUT2D eigenvalue weighted by atomic mass is 9.69. The number of methoxy groups -OCH3 is 1. The smallest absolute Gasteiger partial charge is 0.137 e. The molecule has 0 aromatic heterocycles. The molecule has 2 nitrogen and oxygen atoms in total. The first-order valence-corrected chi connectivity index (χ1v) is 6.64. The van der Waals surface area contributed by atoms with Crippen molar-refractivity contribution >= 4 is 11.6 Å². The lowest BCUT2D eigenvalue weighted by Crippen LogP contribution is -2.37. The van der Waals surface area contributed by atoms with Crippen molar-refractivity contribution in [3.8, 4) is 5.75 Å². The van der Waals surface area contributed by atoms with Gasteiger partial charge in [0.2, 0.25) is 0 Å². The van der Waals surface area contributed by atoms with Gasteiger partial charge in [0, 0.05) is 12.0 Å². The summed E-state index contributed by atoms with van der Waals surface area (Å²) < 4.78 is 5.29. The zero-order chi connectivity index (χ0) is 12.3. The third-order valence-electron chi connectivity index (χ3n) is 3.96. The molecule has 0 spiro atoms. The highest BCUT2D eigenvalue weighted by molar-refractivity contribution is 6.33. The van der Waals surface area contributed by atoms with Crippen LogP contribution in [-0.2, 0) is 5.41 Å². The van der Waals surface area contributed by atoms with Gasteiger partial charge in [-0.2, -0.15) is 0 Å². The van der Waals surface area contributed by atoms with Crippen LogP contribution in [0.2, 0.25) is 5.02 Å². The minimum Gasteiger partial charge on any atom is -0.495 e. The first-order chi connectivity index (χ1) is 8.23. The quantitative estimate of drug-likeness (QED) is 0.895. The summed E-state index contributed by atoms with van der Waals surface area (Å²) in [6.45, 7) is 0.667. The number of benzene rings is 1. The maximum Gasteiger partial charge on any atom is 0.137 e. The number of hydrogen-bond donors (Lipinski definition) is 1. The lowest BCUT2D eigenvalue weighted by molar-refractivity contribution is 0.299. The van der Waals surface area contributed by atoms with Gasteiger partial charge in [-0.3, -0.25) is 0 Å². The molecule has 2 N–H and O–H groups in total. The third-order valence-corrected chi connectivity index (χ3v) is 4.35. The van der Waals surface area contributed by atoms with Gasteiger partial charge in [-0.25, -0.2) is 0 Å². The van der Waals surface area contributed by atoms with Gasteiger partial charge >= 0.3 is 0 Å². The van der Waals surface area contributed by atoms with Crippen LogP contribution in [0.15, 0.2) is 18.2 Å². The van der Waals surface area contributed by atoms with Gasteiger partial charge in [0.15, 0.2) is 0 Å². The van der Waals surface area contributed by atoms with Crippen LogP contribution in [0.3, 0.4) is 0 Å². The second kappa shape index (κ2) is 5.28. The van der Waals surface area contributed by atoms with Crippen molar-refractivity contribution in [3.63, 3.8) is 0 Å². The predicted molar refractivity (Wildman–Crippen MR) is 71.8 cm³/mol. The molecule has 1 aromatic rings. The van der Waals surface area contributed by atoms with E-state index in [1.165, 1.54) is 24.8 Å². The largest absolute Gasteiger partial charge is 0.495 e. The van der Waals surface area contributed by atoms with Crippen LogP contribution in [0.4, 0.5) is 0 Å². The molecular weight excluding hydrogens is 234 g/mol. The predicted octanol–water partition coefficient (Wildman–Crippen LogP) is 3.51. The Morgan fingerprint density at radius 1 is 1.29 bits per heavy atom. The van der Waals surface area contributed by atoms with Gasteiger partial charge in [-0.15, -0.1) is 0 Å². The molecule has 2 rings (SSSR count). The zero-order valence-electron chi connectivity index (χ0n) is 10.3. The van der Waals surface area contributed by atoms with Crippen LogP contribution in [0.1, 0.15) is 37.7 Å². The van der Waals surface area contributed by atoms with Gasteiger partial charge in [0.25, 0.3) is 0 Å². The second-order valence-corrected chi connectivity index (χ2v) is 5.24. The normalized spacial score (nSPS) is 19.0. The summed E-state index contributed by atoms with van der Waals surface area (Å²) in [5.41, 5.74) is 7.26. The Hall–Kier alpha value is -0.730. The highest BCUT2D eigenvalue weighted by atomic mass is 35.5. The molecule has 94 valence electrons. The fourth-order valence-electron chi connectivity index (χ4n) is 2.89. The summed E-state index contributed by atoms with van der Waals surface area (Å²) >= 11 is 6.43. The van der Waals surface area contributed by atoms with Crippen LogP contribution >= 0.6 is 11.6 Å². The van der Waals surface area contributed by atoms with Crippen LogP contribution < -0.4 is 10.5 Å². The first-order valence-electron chi connectivity index (χ1n) is 6.26. The van der Waals surface area contributed by atoms with E-state index in [2.05, 4.69) is 6.07 Å². The van der Waals surface area contributed by atoms with Crippen LogP contribution in [0, 0.1) is 0 Å². The Labute approximate surface area is 108 Å². The van der Waals surface area contributed by atoms with E-state index in [1.807, 2.05) is 12.1 Å². The van der Waals surface area contributed by atoms with Gasteiger partial charge in [-0.05, 0) is 24.5 Å². The van der Waals surface area contributed by atoms with Crippen molar-refractivity contribution in [1.82, 2.24) is 0 Å². The summed E-state index contributed by atoms with van der Waals surface area (Å²) in [4.78, 5) is 0. The monoisotopic (exact) mass is 253 g/mol. The number of ether oxygens (including phenoxy) is 1. The Kier molecular flexibility index (Phi) is 3.95. The van der Waals surface area contributed by atoms with Crippen LogP contribution in [0.25, 0.3) is 0 Å². The molecule has 17 heavy (non-hydrogen) atoms. The van der Waals surface area contributed by atoms with Gasteiger partial charge in [0.05, 0.1) is 12.1 Å². The van der Waals surface area contributed by atoms with Crippen LogP contribution in [-0.4, -0.2) is 13.7 Å². The molecular formula is C14H20ClNO. The highest BCUT2D eigenvalue weighted by Gasteiger charge is 2.34. The minimum atomic E-state index is 0.0594. The van der Waals surface area contributed by atoms with E-state index in [0.29, 0.717) is 6.54 Å². The van der Waals surface area contributed by atoms with Crippen molar-refractivity contribution < 1.29 is 4.74 Å². The molecule has 0 saturated heterocycles. The van der Waals surface area contributed by atoms with E-state index in [0.717, 1.165) is 23.6 Å². The molecule has 0 bridgehead atoms. The average Bonchev–Trinajstić information content (AvgIpc) is 2.40. The summed E-state index contributed by atoms with van der Waals surface area (Å²) in [5, 5.41) is 0.738. The molecule has 0 atom stereocenters. The molecule has 1 fully saturated rings. The first kappa shape index (κ1) is 12.7. The Morgan fingerprint density at radius 2 is 2.00 bits per heavy atom. The second-order valence-electron chi connectivity index (χ2n) is 4.87. The fraction of sp³-hybridized carbons (Fsp3) is 0.571. The van der Waals surface area contributed by atoms with Crippen molar-refractivity contribution in [2.75, 3.05) is 13.7 Å². The Morgan fingerprint density at radius 3 is 2.59 bits per heavy atom. The van der Waals surface area contributed by atoms with Crippen molar-refractivity contribution in [2.24, 2.45) is 5.73 Å². The molecule has 1 aromatic carbocycles. The van der Waals surface area contributed by atoms with Crippen molar-refractivity contribution in [2.45, 2.75) is 37.5 Å². The SMILES string of the molecule is COc1cccc(C2(CN)CCCCC2)c1Cl. The molecule has 0 amide bonds. The summed E-state index contributed by atoms with van der Waals surface area (Å²) in [5.74, 6) is 0.752. The lowest BCUT2D eigenvalue weighted by Gasteiger charge is -2.37. The van der Waals surface area contributed by atoms with Crippen molar-refractivity contribution in [3.05, 3.63) is 28.8 Å². The van der Waals surface area contributed by atoms with E-state index in [1.54, 1.807) is 7.11 Å². The topological polar surface area (TPSA) is 35.2 Å². The Balaban J connectivity index is 2.43. The third kappa shape index (κ3) is 2.29. The van der Waals surface area contributed by atoms with E-state index in [-0.39, 0.29) is 5.41 Å². The molecule has 0 unspecified atom stereocenters. The van der Waals surface area contributed by atoms with Gasteiger partial charge < -0.3 is 10.5 Å². The maximum absolute atomic E-state index is 6.43. The highest BCUT2D eigenvalue weighted by Crippen LogP contribution is 2.43. The average molecular weight is 254 g/mol. The van der Waals surface area contributed by atoms with Gasteiger partial charge in [0.1, 0.15) is 5.75 Å². The molecule has 0 heterocycles.